The Hall–Kier alpha value is -0.630. The quantitative estimate of drug-likeness (QED) is 0.536. The average Bonchev–Trinajstić information content (AvgIpc) is 1.54. The van der Waals surface area contributed by atoms with E-state index in [1.807, 2.05) is 0 Å². The number of hydrogen-bond acceptors (Lipinski definition) is 0. The van der Waals surface area contributed by atoms with Gasteiger partial charge in [0.2, 0.25) is 0 Å². The number of halogens is 9. The summed E-state index contributed by atoms with van der Waals surface area (Å²) >= 11 is 0. The van der Waals surface area contributed by atoms with Crippen molar-refractivity contribution < 1.29 is 39.5 Å². The molecule has 0 amide bonds. The number of alkyl halides is 9. The molecule has 0 rings (SSSR count). The first kappa shape index (κ1) is 17.5. The zero-order valence-corrected chi connectivity index (χ0v) is 5.13. The first-order chi connectivity index (χ1) is 5.20. The summed E-state index contributed by atoms with van der Waals surface area (Å²) in [4.78, 5) is 0. The molecule has 0 radical (unpaired) electrons. The van der Waals surface area contributed by atoms with Gasteiger partial charge in [-0.1, -0.05) is 0 Å². The molecule has 9 heteroatoms. The van der Waals surface area contributed by atoms with Gasteiger partial charge in [-0.15, -0.1) is 0 Å². The summed E-state index contributed by atoms with van der Waals surface area (Å²) in [7, 11) is 0. The third-order valence-electron chi connectivity index (χ3n) is 0. The van der Waals surface area contributed by atoms with Crippen molar-refractivity contribution in [2.75, 3.05) is 0 Å². The number of hydrogen-bond donors (Lipinski definition) is 0. The van der Waals surface area contributed by atoms with Gasteiger partial charge in [-0.25, -0.2) is 0 Å². The van der Waals surface area contributed by atoms with E-state index >= 15 is 0 Å². The Morgan fingerprint density at radius 3 is 0.333 bits per heavy atom. The summed E-state index contributed by atoms with van der Waals surface area (Å²) < 4.78 is 87.0. The van der Waals surface area contributed by atoms with E-state index < -0.39 is 20.0 Å². The van der Waals surface area contributed by atoms with Crippen molar-refractivity contribution in [3.8, 4) is 0 Å². The SMILES string of the molecule is FC(F)F.FC(F)F.FC(F)F. The molecule has 0 aliphatic carbocycles. The maximum absolute atomic E-state index is 9.67. The molecule has 78 valence electrons. The van der Waals surface area contributed by atoms with E-state index in [0.29, 0.717) is 0 Å². The van der Waals surface area contributed by atoms with Crippen molar-refractivity contribution in [3.05, 3.63) is 0 Å². The molecule has 0 unspecified atom stereocenters. The summed E-state index contributed by atoms with van der Waals surface area (Å²) in [6, 6.07) is 0. The zero-order chi connectivity index (χ0) is 10.7. The molecule has 0 fully saturated rings. The normalized spacial score (nSPS) is 9.00. The Morgan fingerprint density at radius 2 is 0.333 bits per heavy atom. The lowest BCUT2D eigenvalue weighted by molar-refractivity contribution is 0.00734. The minimum atomic E-state index is -3.67. The van der Waals surface area contributed by atoms with Crippen LogP contribution in [0.4, 0.5) is 39.5 Å². The molecule has 0 atom stereocenters. The Bertz CT molecular complexity index is 38.3. The molecule has 0 aromatic carbocycles. The lowest BCUT2D eigenvalue weighted by atomic mass is 11.6. The monoisotopic (exact) mass is 210 g/mol. The largest absolute Gasteiger partial charge is 0.379 e. The van der Waals surface area contributed by atoms with Crippen molar-refractivity contribution in [2.45, 2.75) is 20.0 Å². The van der Waals surface area contributed by atoms with Gasteiger partial charge in [-0.05, 0) is 0 Å². The summed E-state index contributed by atoms with van der Waals surface area (Å²) in [5.74, 6) is 0. The molecule has 0 aromatic heterocycles. The molecule has 0 saturated carbocycles. The van der Waals surface area contributed by atoms with Gasteiger partial charge in [0.1, 0.15) is 0 Å². The molecule has 0 spiro atoms. The Labute approximate surface area is 61.0 Å². The van der Waals surface area contributed by atoms with E-state index in [1.165, 1.54) is 0 Å². The zero-order valence-electron chi connectivity index (χ0n) is 5.13. The van der Waals surface area contributed by atoms with Crippen LogP contribution >= 0.6 is 0 Å². The third kappa shape index (κ3) is 1650. The van der Waals surface area contributed by atoms with Gasteiger partial charge in [0.25, 0.3) is 0 Å². The lowest BCUT2D eigenvalue weighted by Crippen LogP contribution is -1.65. The van der Waals surface area contributed by atoms with Gasteiger partial charge in [-0.3, -0.25) is 0 Å². The van der Waals surface area contributed by atoms with Crippen LogP contribution in [0, 0.1) is 0 Å². The van der Waals surface area contributed by atoms with E-state index in [1.54, 1.807) is 0 Å². The van der Waals surface area contributed by atoms with E-state index in [4.69, 9.17) is 0 Å². The summed E-state index contributed by atoms with van der Waals surface area (Å²) in [5, 5.41) is 0. The van der Waals surface area contributed by atoms with Crippen molar-refractivity contribution in [2.24, 2.45) is 0 Å². The fourth-order valence-electron chi connectivity index (χ4n) is 0. The van der Waals surface area contributed by atoms with Crippen molar-refractivity contribution in [1.82, 2.24) is 0 Å². The Morgan fingerprint density at radius 1 is 0.333 bits per heavy atom. The highest BCUT2D eigenvalue weighted by molar-refractivity contribution is 3.84. The Kier molecular flexibility index (Phi) is 18.9. The molecule has 12 heavy (non-hydrogen) atoms. The summed E-state index contributed by atoms with van der Waals surface area (Å²) in [6.45, 7) is -11.0. The average molecular weight is 210 g/mol. The van der Waals surface area contributed by atoms with E-state index in [9.17, 15) is 39.5 Å². The van der Waals surface area contributed by atoms with Crippen molar-refractivity contribution in [1.29, 1.82) is 0 Å². The highest BCUT2D eigenvalue weighted by Gasteiger charge is 1.86. The van der Waals surface area contributed by atoms with Crippen LogP contribution in [0.3, 0.4) is 0 Å². The maximum Gasteiger partial charge on any atom is 0.379 e. The van der Waals surface area contributed by atoms with E-state index in [-0.39, 0.29) is 0 Å². The molecule has 0 aromatic rings. The molecule has 0 heterocycles. The Balaban J connectivity index is -0.000000101. The van der Waals surface area contributed by atoms with Crippen LogP contribution < -0.4 is 0 Å². The second-order valence-corrected chi connectivity index (χ2v) is 0.742. The molecule has 0 saturated heterocycles. The minimum Gasteiger partial charge on any atom is -0.174 e. The van der Waals surface area contributed by atoms with E-state index in [0.717, 1.165) is 0 Å². The fraction of sp³-hybridized carbons (Fsp3) is 1.00. The van der Waals surface area contributed by atoms with Gasteiger partial charge in [0.05, 0.1) is 0 Å². The van der Waals surface area contributed by atoms with Crippen molar-refractivity contribution >= 4 is 0 Å². The highest BCUT2D eigenvalue weighted by atomic mass is 19.4. The van der Waals surface area contributed by atoms with Crippen LogP contribution in [0.25, 0.3) is 0 Å². The summed E-state index contributed by atoms with van der Waals surface area (Å²) in [5.41, 5.74) is 0. The predicted octanol–water partition coefficient (Wildman–Crippen LogP) is 3.54. The van der Waals surface area contributed by atoms with Gasteiger partial charge >= 0.3 is 20.0 Å². The van der Waals surface area contributed by atoms with Crippen LogP contribution in [-0.4, -0.2) is 20.0 Å². The predicted molar refractivity (Wildman–Crippen MR) is 21.3 cm³/mol. The first-order valence-electron chi connectivity index (χ1n) is 1.96. The van der Waals surface area contributed by atoms with Gasteiger partial charge < -0.3 is 0 Å². The van der Waals surface area contributed by atoms with Crippen LogP contribution in [0.1, 0.15) is 0 Å². The standard InChI is InChI=1S/3CHF3/c3*2-1(3)4/h3*1H. The molecule has 0 nitrogen and oxygen atoms in total. The molecule has 0 N–H and O–H groups in total. The topological polar surface area (TPSA) is 0 Å². The first-order valence-corrected chi connectivity index (χ1v) is 1.96. The maximum atomic E-state index is 9.67. The molecular formula is C3H3F9. The van der Waals surface area contributed by atoms with Crippen LogP contribution in [0.5, 0.6) is 0 Å². The second kappa shape index (κ2) is 13.0. The molecule has 0 aliphatic heterocycles. The molecular weight excluding hydrogens is 207 g/mol. The minimum absolute atomic E-state index is 3.67. The van der Waals surface area contributed by atoms with Crippen LogP contribution in [0.2, 0.25) is 0 Å². The van der Waals surface area contributed by atoms with Crippen molar-refractivity contribution in [3.63, 3.8) is 0 Å². The second-order valence-electron chi connectivity index (χ2n) is 0.742. The lowest BCUT2D eigenvalue weighted by Gasteiger charge is -1.65. The van der Waals surface area contributed by atoms with E-state index in [2.05, 4.69) is 0 Å². The van der Waals surface area contributed by atoms with Crippen LogP contribution in [0.15, 0.2) is 0 Å². The van der Waals surface area contributed by atoms with Gasteiger partial charge in [0.15, 0.2) is 0 Å². The highest BCUT2D eigenvalue weighted by Crippen LogP contribution is 1.88. The van der Waals surface area contributed by atoms with Gasteiger partial charge in [0, 0.05) is 0 Å². The smallest absolute Gasteiger partial charge is 0.174 e. The third-order valence-corrected chi connectivity index (χ3v) is 0. The molecule has 0 bridgehead atoms. The fourth-order valence-corrected chi connectivity index (χ4v) is 0. The number of rotatable bonds is 0. The van der Waals surface area contributed by atoms with Gasteiger partial charge in [-0.2, -0.15) is 39.5 Å². The summed E-state index contributed by atoms with van der Waals surface area (Å²) in [6.07, 6.45) is 0. The molecule has 0 aliphatic rings. The van der Waals surface area contributed by atoms with Crippen LogP contribution in [-0.2, 0) is 0 Å².